The number of amides is 1. The lowest BCUT2D eigenvalue weighted by Gasteiger charge is -2.31. The van der Waals surface area contributed by atoms with Crippen LogP contribution in [0, 0.1) is 0 Å². The number of aliphatic hydroxyl groups is 2. The summed E-state index contributed by atoms with van der Waals surface area (Å²) in [6.45, 7) is 1.93. The van der Waals surface area contributed by atoms with Gasteiger partial charge in [0.2, 0.25) is 5.91 Å². The first-order valence-electron chi connectivity index (χ1n) is 8.38. The Balaban J connectivity index is 1.89. The van der Waals surface area contributed by atoms with Crippen molar-refractivity contribution in [2.75, 3.05) is 40.4 Å². The number of carbonyl (C=O) groups excluding carboxylic acids is 1. The minimum atomic E-state index is -0.800. The van der Waals surface area contributed by atoms with Crippen LogP contribution in [-0.4, -0.2) is 71.9 Å². The van der Waals surface area contributed by atoms with Crippen LogP contribution in [0.3, 0.4) is 0 Å². The summed E-state index contributed by atoms with van der Waals surface area (Å²) in [5.74, 6) is 0.572. The number of benzene rings is 1. The minimum absolute atomic E-state index is 0.258. The van der Waals surface area contributed by atoms with Crippen molar-refractivity contribution in [3.05, 3.63) is 29.8 Å². The molecule has 6 nitrogen and oxygen atoms in total. The quantitative estimate of drug-likeness (QED) is 0.806. The van der Waals surface area contributed by atoms with Crippen LogP contribution in [0.25, 0.3) is 0 Å². The summed E-state index contributed by atoms with van der Waals surface area (Å²) in [6.07, 6.45) is 1.94. The number of methoxy groups -OCH3 is 1. The second-order valence-corrected chi connectivity index (χ2v) is 6.64. The van der Waals surface area contributed by atoms with E-state index in [9.17, 15) is 9.90 Å². The average Bonchev–Trinajstić information content (AvgIpc) is 2.76. The smallest absolute Gasteiger partial charge is 0.248 e. The van der Waals surface area contributed by atoms with Gasteiger partial charge in [-0.25, -0.2) is 0 Å². The van der Waals surface area contributed by atoms with Gasteiger partial charge in [0, 0.05) is 26.2 Å². The molecular weight excluding hydrogens is 308 g/mol. The Morgan fingerprint density at radius 1 is 1.29 bits per heavy atom. The normalized spacial score (nSPS) is 21.6. The Morgan fingerprint density at radius 3 is 2.62 bits per heavy atom. The highest BCUT2D eigenvalue weighted by molar-refractivity contribution is 5.77. The van der Waals surface area contributed by atoms with Crippen molar-refractivity contribution in [3.63, 3.8) is 0 Å². The van der Waals surface area contributed by atoms with Crippen LogP contribution in [0.15, 0.2) is 24.3 Å². The molecule has 1 atom stereocenters. The first-order chi connectivity index (χ1) is 11.5. The zero-order valence-corrected chi connectivity index (χ0v) is 14.6. The first-order valence-corrected chi connectivity index (χ1v) is 8.38. The summed E-state index contributed by atoms with van der Waals surface area (Å²) < 4.78 is 5.16. The van der Waals surface area contributed by atoms with E-state index in [0.717, 1.165) is 24.3 Å². The SMILES string of the molecule is COc1ccc(CN(C)C[C@]2(O)CCCN(C(=O)CO)CC2)cc1. The third-order valence-corrected chi connectivity index (χ3v) is 4.58. The maximum Gasteiger partial charge on any atom is 0.248 e. The molecule has 0 bridgehead atoms. The molecule has 1 aliphatic rings. The number of aliphatic hydroxyl groups excluding tert-OH is 1. The fraction of sp³-hybridized carbons (Fsp3) is 0.611. The van der Waals surface area contributed by atoms with E-state index < -0.39 is 12.2 Å². The van der Waals surface area contributed by atoms with E-state index in [1.54, 1.807) is 12.0 Å². The van der Waals surface area contributed by atoms with E-state index in [0.29, 0.717) is 32.5 Å². The van der Waals surface area contributed by atoms with Crippen LogP contribution in [0.4, 0.5) is 0 Å². The van der Waals surface area contributed by atoms with E-state index in [1.165, 1.54) is 0 Å². The molecule has 0 aromatic heterocycles. The van der Waals surface area contributed by atoms with Crippen LogP contribution in [0.2, 0.25) is 0 Å². The van der Waals surface area contributed by atoms with Crippen molar-refractivity contribution >= 4 is 5.91 Å². The maximum absolute atomic E-state index is 11.6. The zero-order chi connectivity index (χ0) is 17.6. The molecule has 2 rings (SSSR count). The highest BCUT2D eigenvalue weighted by atomic mass is 16.5. The van der Waals surface area contributed by atoms with Gasteiger partial charge in [-0.2, -0.15) is 0 Å². The van der Waals surface area contributed by atoms with Gasteiger partial charge in [-0.3, -0.25) is 9.69 Å². The molecule has 0 spiro atoms. The van der Waals surface area contributed by atoms with Crippen molar-refractivity contribution in [2.45, 2.75) is 31.4 Å². The number of carbonyl (C=O) groups is 1. The number of hydrogen-bond donors (Lipinski definition) is 2. The summed E-state index contributed by atoms with van der Waals surface area (Å²) in [5.41, 5.74) is 0.360. The predicted molar refractivity (Wildman–Crippen MR) is 91.8 cm³/mol. The zero-order valence-electron chi connectivity index (χ0n) is 14.6. The number of likely N-dealkylation sites (tertiary alicyclic amines) is 1. The molecule has 1 saturated heterocycles. The van der Waals surface area contributed by atoms with Crippen LogP contribution >= 0.6 is 0 Å². The molecule has 0 unspecified atom stereocenters. The molecule has 0 saturated carbocycles. The van der Waals surface area contributed by atoms with E-state index in [-0.39, 0.29) is 5.91 Å². The molecule has 6 heteroatoms. The number of hydrogen-bond acceptors (Lipinski definition) is 5. The van der Waals surface area contributed by atoms with E-state index in [2.05, 4.69) is 4.90 Å². The van der Waals surface area contributed by atoms with Crippen LogP contribution < -0.4 is 4.74 Å². The van der Waals surface area contributed by atoms with Gasteiger partial charge in [-0.15, -0.1) is 0 Å². The lowest BCUT2D eigenvalue weighted by molar-refractivity contribution is -0.134. The highest BCUT2D eigenvalue weighted by Gasteiger charge is 2.32. The van der Waals surface area contributed by atoms with Crippen LogP contribution in [0.5, 0.6) is 5.75 Å². The number of rotatable bonds is 6. The minimum Gasteiger partial charge on any atom is -0.497 e. The van der Waals surface area contributed by atoms with E-state index in [1.807, 2.05) is 31.3 Å². The largest absolute Gasteiger partial charge is 0.497 e. The summed E-state index contributed by atoms with van der Waals surface area (Å²) in [7, 11) is 3.64. The van der Waals surface area contributed by atoms with Crippen molar-refractivity contribution in [1.82, 2.24) is 9.80 Å². The molecule has 1 amide bonds. The third-order valence-electron chi connectivity index (χ3n) is 4.58. The monoisotopic (exact) mass is 336 g/mol. The molecule has 134 valence electrons. The van der Waals surface area contributed by atoms with Gasteiger partial charge in [0.15, 0.2) is 0 Å². The Morgan fingerprint density at radius 2 is 2.00 bits per heavy atom. The lowest BCUT2D eigenvalue weighted by atomic mass is 9.94. The predicted octanol–water partition coefficient (Wildman–Crippen LogP) is 0.863. The molecule has 0 radical (unpaired) electrons. The maximum atomic E-state index is 11.6. The molecule has 0 aliphatic carbocycles. The summed E-state index contributed by atoms with van der Waals surface area (Å²) in [4.78, 5) is 15.4. The number of ether oxygens (including phenoxy) is 1. The molecular formula is C18H28N2O4. The molecule has 1 fully saturated rings. The second kappa shape index (κ2) is 8.46. The van der Waals surface area contributed by atoms with Crippen molar-refractivity contribution in [3.8, 4) is 5.75 Å². The molecule has 2 N–H and O–H groups in total. The molecule has 1 heterocycles. The number of nitrogens with zero attached hydrogens (tertiary/aromatic N) is 2. The summed E-state index contributed by atoms with van der Waals surface area (Å²) in [6, 6.07) is 7.91. The van der Waals surface area contributed by atoms with E-state index in [4.69, 9.17) is 9.84 Å². The van der Waals surface area contributed by atoms with Gasteiger partial charge >= 0.3 is 0 Å². The Labute approximate surface area is 143 Å². The fourth-order valence-corrected chi connectivity index (χ4v) is 3.29. The van der Waals surface area contributed by atoms with Crippen molar-refractivity contribution < 1.29 is 19.7 Å². The molecule has 1 aliphatic heterocycles. The first kappa shape index (κ1) is 18.7. The summed E-state index contributed by atoms with van der Waals surface area (Å²) in [5, 5.41) is 19.9. The van der Waals surface area contributed by atoms with E-state index >= 15 is 0 Å². The van der Waals surface area contributed by atoms with Gasteiger partial charge in [-0.05, 0) is 44.0 Å². The van der Waals surface area contributed by atoms with Gasteiger partial charge in [0.25, 0.3) is 0 Å². The van der Waals surface area contributed by atoms with Crippen LogP contribution in [0.1, 0.15) is 24.8 Å². The fourth-order valence-electron chi connectivity index (χ4n) is 3.29. The van der Waals surface area contributed by atoms with Gasteiger partial charge in [0.1, 0.15) is 12.4 Å². The Hall–Kier alpha value is -1.63. The number of likely N-dealkylation sites (N-methyl/N-ethyl adjacent to an activating group) is 1. The van der Waals surface area contributed by atoms with Crippen LogP contribution in [-0.2, 0) is 11.3 Å². The van der Waals surface area contributed by atoms with Crippen molar-refractivity contribution in [2.24, 2.45) is 0 Å². The molecule has 1 aromatic carbocycles. The standard InChI is InChI=1S/C18H28N2O4/c1-19(12-15-4-6-16(24-2)7-5-15)14-18(23)8-3-10-20(11-9-18)17(22)13-21/h4-7,21,23H,3,8-14H2,1-2H3/t18-/m0/s1. The van der Waals surface area contributed by atoms with Gasteiger partial charge in [-0.1, -0.05) is 12.1 Å². The Bertz CT molecular complexity index is 534. The second-order valence-electron chi connectivity index (χ2n) is 6.64. The Kier molecular flexibility index (Phi) is 6.60. The highest BCUT2D eigenvalue weighted by Crippen LogP contribution is 2.24. The van der Waals surface area contributed by atoms with Crippen molar-refractivity contribution in [1.29, 1.82) is 0 Å². The third kappa shape index (κ3) is 5.19. The topological polar surface area (TPSA) is 73.2 Å². The summed E-state index contributed by atoms with van der Waals surface area (Å²) >= 11 is 0. The average molecular weight is 336 g/mol. The van der Waals surface area contributed by atoms with Gasteiger partial charge < -0.3 is 19.8 Å². The molecule has 1 aromatic rings. The molecule has 24 heavy (non-hydrogen) atoms. The lowest BCUT2D eigenvalue weighted by Crippen LogP contribution is -2.42. The van der Waals surface area contributed by atoms with Gasteiger partial charge in [0.05, 0.1) is 12.7 Å².